The first-order chi connectivity index (χ1) is 9.43. The topological polar surface area (TPSA) is 64.6 Å². The number of hydrogen-bond acceptors (Lipinski definition) is 4. The fraction of sp³-hybridized carbons (Fsp3) is 0.429. The van der Waals surface area contributed by atoms with Gasteiger partial charge in [0.15, 0.2) is 5.72 Å². The molecule has 6 heteroatoms. The maximum absolute atomic E-state index is 12.2. The van der Waals surface area contributed by atoms with Gasteiger partial charge in [-0.15, -0.1) is 0 Å². The maximum Gasteiger partial charge on any atom is 0.318 e. The Kier molecular flexibility index (Phi) is 2.90. The summed E-state index contributed by atoms with van der Waals surface area (Å²) >= 11 is 6.01. The van der Waals surface area contributed by atoms with Gasteiger partial charge >= 0.3 is 5.97 Å². The number of nitrogens with one attached hydrogen (secondary N) is 1. The second-order valence-electron chi connectivity index (χ2n) is 5.32. The van der Waals surface area contributed by atoms with Crippen molar-refractivity contribution in [2.45, 2.75) is 25.0 Å². The van der Waals surface area contributed by atoms with Gasteiger partial charge in [0.05, 0.1) is 7.11 Å². The van der Waals surface area contributed by atoms with E-state index in [9.17, 15) is 9.59 Å². The molecule has 0 unspecified atom stereocenters. The summed E-state index contributed by atoms with van der Waals surface area (Å²) in [6.07, 6.45) is 0.506. The highest BCUT2D eigenvalue weighted by molar-refractivity contribution is 6.30. The molecule has 1 fully saturated rings. The molecule has 2 aliphatic heterocycles. The van der Waals surface area contributed by atoms with E-state index in [1.165, 1.54) is 7.11 Å². The van der Waals surface area contributed by atoms with Gasteiger partial charge in [-0.3, -0.25) is 9.59 Å². The van der Waals surface area contributed by atoms with Crippen molar-refractivity contribution in [3.63, 3.8) is 0 Å². The van der Waals surface area contributed by atoms with Crippen LogP contribution in [0.25, 0.3) is 0 Å². The number of amides is 1. The normalized spacial score (nSPS) is 30.9. The van der Waals surface area contributed by atoms with Gasteiger partial charge in [-0.1, -0.05) is 11.6 Å². The fourth-order valence-electron chi connectivity index (χ4n) is 3.01. The highest BCUT2D eigenvalue weighted by Crippen LogP contribution is 2.47. The zero-order valence-electron chi connectivity index (χ0n) is 11.1. The molecule has 2 aliphatic rings. The molecule has 0 aliphatic carbocycles. The molecule has 5 nitrogen and oxygen atoms in total. The molecule has 1 aromatic rings. The number of carbonyl (C=O) groups excluding carboxylic acids is 2. The molecule has 106 valence electrons. The number of benzene rings is 1. The minimum atomic E-state index is -0.866. The standard InChI is InChI=1S/C14H14ClNO4/c1-14-6-9(11(12(17)16-14)13(18)19-2)8-5-7(15)3-4-10(8)20-14/h3-5,9,11H,6H2,1-2H3,(H,16,17)/t9-,11-,14+/m0/s1. The number of esters is 1. The first-order valence-electron chi connectivity index (χ1n) is 6.32. The van der Waals surface area contributed by atoms with Crippen molar-refractivity contribution in [1.29, 1.82) is 0 Å². The van der Waals surface area contributed by atoms with Crippen molar-refractivity contribution in [2.75, 3.05) is 7.11 Å². The van der Waals surface area contributed by atoms with E-state index in [2.05, 4.69) is 5.32 Å². The van der Waals surface area contributed by atoms with E-state index >= 15 is 0 Å². The van der Waals surface area contributed by atoms with Crippen LogP contribution < -0.4 is 10.1 Å². The summed E-state index contributed by atoms with van der Waals surface area (Å²) in [4.78, 5) is 24.1. The van der Waals surface area contributed by atoms with E-state index < -0.39 is 17.6 Å². The summed E-state index contributed by atoms with van der Waals surface area (Å²) in [7, 11) is 1.28. The molecule has 1 aromatic carbocycles. The average molecular weight is 296 g/mol. The number of hydrogen-bond donors (Lipinski definition) is 1. The SMILES string of the molecule is COC(=O)[C@@H]1C(=O)N[C@@]2(C)C[C@H]1c1cc(Cl)ccc1O2. The quantitative estimate of drug-likeness (QED) is 0.634. The number of halogens is 1. The van der Waals surface area contributed by atoms with E-state index in [0.29, 0.717) is 17.2 Å². The first-order valence-corrected chi connectivity index (χ1v) is 6.70. The van der Waals surface area contributed by atoms with Gasteiger partial charge in [-0.25, -0.2) is 0 Å². The monoisotopic (exact) mass is 295 g/mol. The van der Waals surface area contributed by atoms with E-state index in [4.69, 9.17) is 21.1 Å². The van der Waals surface area contributed by atoms with Gasteiger partial charge in [0.1, 0.15) is 11.7 Å². The molecule has 1 amide bonds. The minimum absolute atomic E-state index is 0.288. The number of rotatable bonds is 1. The number of ether oxygens (including phenoxy) is 2. The van der Waals surface area contributed by atoms with Crippen molar-refractivity contribution in [3.05, 3.63) is 28.8 Å². The second-order valence-corrected chi connectivity index (χ2v) is 5.75. The molecule has 0 radical (unpaired) electrons. The van der Waals surface area contributed by atoms with Gasteiger partial charge in [0.2, 0.25) is 5.91 Å². The van der Waals surface area contributed by atoms with E-state index in [0.717, 1.165) is 5.56 Å². The first kappa shape index (κ1) is 13.2. The van der Waals surface area contributed by atoms with Gasteiger partial charge in [-0.05, 0) is 25.1 Å². The summed E-state index contributed by atoms with van der Waals surface area (Å²) in [5.41, 5.74) is -0.0205. The zero-order chi connectivity index (χ0) is 14.5. The fourth-order valence-corrected chi connectivity index (χ4v) is 3.19. The largest absolute Gasteiger partial charge is 0.468 e. The van der Waals surface area contributed by atoms with Crippen LogP contribution >= 0.6 is 11.6 Å². The molecule has 0 spiro atoms. The molecule has 0 aromatic heterocycles. The third-order valence-electron chi connectivity index (χ3n) is 3.84. The van der Waals surface area contributed by atoms with Crippen molar-refractivity contribution in [2.24, 2.45) is 5.92 Å². The van der Waals surface area contributed by atoms with Crippen LogP contribution in [0.4, 0.5) is 0 Å². The van der Waals surface area contributed by atoms with E-state index in [-0.39, 0.29) is 11.8 Å². The van der Waals surface area contributed by atoms with Crippen LogP contribution in [0.15, 0.2) is 18.2 Å². The van der Waals surface area contributed by atoms with Crippen molar-refractivity contribution < 1.29 is 19.1 Å². The highest BCUT2D eigenvalue weighted by Gasteiger charge is 2.52. The summed E-state index contributed by atoms with van der Waals surface area (Å²) in [5.74, 6) is -1.43. The Morgan fingerprint density at radius 2 is 2.30 bits per heavy atom. The Hall–Kier alpha value is -1.75. The van der Waals surface area contributed by atoms with Crippen molar-refractivity contribution >= 4 is 23.5 Å². The van der Waals surface area contributed by atoms with Crippen LogP contribution in [0.5, 0.6) is 5.75 Å². The van der Waals surface area contributed by atoms with Crippen LogP contribution in [-0.4, -0.2) is 24.7 Å². The Balaban J connectivity index is 2.12. The average Bonchev–Trinajstić information content (AvgIpc) is 2.38. The molecule has 2 heterocycles. The summed E-state index contributed by atoms with van der Waals surface area (Å²) in [6, 6.07) is 5.23. The molecule has 1 saturated heterocycles. The Morgan fingerprint density at radius 3 is 3.00 bits per heavy atom. The molecular formula is C14H14ClNO4. The lowest BCUT2D eigenvalue weighted by Crippen LogP contribution is -2.62. The Bertz CT molecular complexity index is 603. The number of methoxy groups -OCH3 is 1. The van der Waals surface area contributed by atoms with Gasteiger partial charge in [0, 0.05) is 22.9 Å². The molecule has 2 bridgehead atoms. The predicted octanol–water partition coefficient (Wildman–Crippen LogP) is 1.84. The lowest BCUT2D eigenvalue weighted by atomic mass is 9.75. The minimum Gasteiger partial charge on any atom is -0.468 e. The molecular weight excluding hydrogens is 282 g/mol. The number of piperidine rings is 1. The second kappa shape index (κ2) is 4.38. The number of carbonyl (C=O) groups is 2. The lowest BCUT2D eigenvalue weighted by molar-refractivity contribution is -0.158. The van der Waals surface area contributed by atoms with Crippen LogP contribution in [0.3, 0.4) is 0 Å². The Labute approximate surface area is 121 Å². The van der Waals surface area contributed by atoms with Crippen LogP contribution in [0, 0.1) is 5.92 Å². The number of fused-ring (bicyclic) bond motifs is 4. The molecule has 20 heavy (non-hydrogen) atoms. The zero-order valence-corrected chi connectivity index (χ0v) is 11.9. The van der Waals surface area contributed by atoms with Crippen molar-refractivity contribution in [3.8, 4) is 5.75 Å². The summed E-state index contributed by atoms with van der Waals surface area (Å²) in [6.45, 7) is 1.79. The summed E-state index contributed by atoms with van der Waals surface area (Å²) < 4.78 is 10.6. The smallest absolute Gasteiger partial charge is 0.318 e. The van der Waals surface area contributed by atoms with Crippen molar-refractivity contribution in [1.82, 2.24) is 5.32 Å². The van der Waals surface area contributed by atoms with Crippen LogP contribution in [-0.2, 0) is 14.3 Å². The summed E-state index contributed by atoms with van der Waals surface area (Å²) in [5, 5.41) is 3.30. The van der Waals surface area contributed by atoms with Gasteiger partial charge in [-0.2, -0.15) is 0 Å². The lowest BCUT2D eigenvalue weighted by Gasteiger charge is -2.46. The predicted molar refractivity (Wildman–Crippen MR) is 71.5 cm³/mol. The van der Waals surface area contributed by atoms with E-state index in [1.807, 2.05) is 0 Å². The molecule has 0 saturated carbocycles. The van der Waals surface area contributed by atoms with Crippen LogP contribution in [0.1, 0.15) is 24.8 Å². The van der Waals surface area contributed by atoms with Gasteiger partial charge in [0.25, 0.3) is 0 Å². The van der Waals surface area contributed by atoms with Crippen LogP contribution in [0.2, 0.25) is 5.02 Å². The molecule has 3 rings (SSSR count). The van der Waals surface area contributed by atoms with Gasteiger partial charge < -0.3 is 14.8 Å². The third-order valence-corrected chi connectivity index (χ3v) is 4.08. The van der Waals surface area contributed by atoms with E-state index in [1.54, 1.807) is 25.1 Å². The maximum atomic E-state index is 12.2. The Morgan fingerprint density at radius 1 is 1.55 bits per heavy atom. The molecule has 1 N–H and O–H groups in total. The highest BCUT2D eigenvalue weighted by atomic mass is 35.5. The molecule has 3 atom stereocenters. The third kappa shape index (κ3) is 1.93.